The third-order valence-electron chi connectivity index (χ3n) is 5.75. The molecule has 0 N–H and O–H groups in total. The SMILES string of the molecule is Cc1nc2ncnn2c(C)c1CCC(=O)N(Cc1nnc(-c2ccc(Cl)cc2)o1)C1CC1. The molecule has 4 aromatic rings. The number of rotatable bonds is 7. The lowest BCUT2D eigenvalue weighted by Gasteiger charge is -2.21. The van der Waals surface area contributed by atoms with E-state index in [4.69, 9.17) is 16.0 Å². The molecule has 9 nitrogen and oxygen atoms in total. The highest BCUT2D eigenvalue weighted by Crippen LogP contribution is 2.30. The van der Waals surface area contributed by atoms with Gasteiger partial charge in [-0.3, -0.25) is 4.79 Å². The third-order valence-corrected chi connectivity index (χ3v) is 6.00. The van der Waals surface area contributed by atoms with E-state index in [1.807, 2.05) is 30.9 Å². The summed E-state index contributed by atoms with van der Waals surface area (Å²) in [7, 11) is 0. The highest BCUT2D eigenvalue weighted by Gasteiger charge is 2.33. The summed E-state index contributed by atoms with van der Waals surface area (Å²) in [6.07, 6.45) is 4.44. The number of hydrogen-bond donors (Lipinski definition) is 0. The number of nitrogens with zero attached hydrogens (tertiary/aromatic N) is 7. The quantitative estimate of drug-likeness (QED) is 0.423. The Morgan fingerprint density at radius 2 is 2.00 bits per heavy atom. The van der Waals surface area contributed by atoms with Gasteiger partial charge in [-0.1, -0.05) is 11.6 Å². The minimum Gasteiger partial charge on any atom is -0.419 e. The summed E-state index contributed by atoms with van der Waals surface area (Å²) in [5.41, 5.74) is 3.65. The van der Waals surface area contributed by atoms with Crippen molar-refractivity contribution in [3.8, 4) is 11.5 Å². The van der Waals surface area contributed by atoms with Gasteiger partial charge in [0.2, 0.25) is 17.7 Å². The molecule has 1 saturated carbocycles. The van der Waals surface area contributed by atoms with Gasteiger partial charge in [0.15, 0.2) is 0 Å². The molecule has 0 saturated heterocycles. The van der Waals surface area contributed by atoms with Gasteiger partial charge < -0.3 is 9.32 Å². The summed E-state index contributed by atoms with van der Waals surface area (Å²) in [6, 6.07) is 7.43. The van der Waals surface area contributed by atoms with Crippen molar-refractivity contribution in [3.05, 3.63) is 58.5 Å². The van der Waals surface area contributed by atoms with Crippen LogP contribution in [0.5, 0.6) is 0 Å². The molecule has 5 rings (SSSR count). The molecule has 1 fully saturated rings. The van der Waals surface area contributed by atoms with E-state index >= 15 is 0 Å². The zero-order chi connectivity index (χ0) is 22.2. The Kier molecular flexibility index (Phi) is 5.34. The summed E-state index contributed by atoms with van der Waals surface area (Å²) < 4.78 is 7.53. The molecular weight excluding hydrogens is 430 g/mol. The minimum absolute atomic E-state index is 0.0660. The number of halogens is 1. The van der Waals surface area contributed by atoms with Crippen LogP contribution < -0.4 is 0 Å². The van der Waals surface area contributed by atoms with Gasteiger partial charge in [0.05, 0.1) is 6.54 Å². The average molecular weight is 452 g/mol. The first-order chi connectivity index (χ1) is 15.5. The van der Waals surface area contributed by atoms with Crippen LogP contribution in [0.2, 0.25) is 5.02 Å². The van der Waals surface area contributed by atoms with E-state index in [1.54, 1.807) is 16.6 Å². The Morgan fingerprint density at radius 3 is 2.75 bits per heavy atom. The molecule has 0 bridgehead atoms. The lowest BCUT2D eigenvalue weighted by molar-refractivity contribution is -0.132. The zero-order valence-corrected chi connectivity index (χ0v) is 18.6. The van der Waals surface area contributed by atoms with Gasteiger partial charge in [0.25, 0.3) is 5.78 Å². The predicted octanol–water partition coefficient (Wildman–Crippen LogP) is 3.57. The van der Waals surface area contributed by atoms with Crippen LogP contribution in [0, 0.1) is 13.8 Å². The van der Waals surface area contributed by atoms with Gasteiger partial charge in [-0.2, -0.15) is 10.1 Å². The number of aromatic nitrogens is 6. The van der Waals surface area contributed by atoms with Crippen molar-refractivity contribution in [3.63, 3.8) is 0 Å². The summed E-state index contributed by atoms with van der Waals surface area (Å²) in [4.78, 5) is 23.6. The Labute approximate surface area is 189 Å². The van der Waals surface area contributed by atoms with Gasteiger partial charge in [-0.15, -0.1) is 10.2 Å². The number of hydrogen-bond acceptors (Lipinski definition) is 7. The van der Waals surface area contributed by atoms with Crippen molar-refractivity contribution < 1.29 is 9.21 Å². The first kappa shape index (κ1) is 20.6. The fraction of sp³-hybridized carbons (Fsp3) is 0.364. The lowest BCUT2D eigenvalue weighted by Crippen LogP contribution is -2.33. The monoisotopic (exact) mass is 451 g/mol. The summed E-state index contributed by atoms with van der Waals surface area (Å²) >= 11 is 5.94. The van der Waals surface area contributed by atoms with Gasteiger partial charge >= 0.3 is 0 Å². The van der Waals surface area contributed by atoms with E-state index in [0.717, 1.165) is 35.4 Å². The van der Waals surface area contributed by atoms with Crippen LogP contribution in [0.25, 0.3) is 17.2 Å². The Hall–Kier alpha value is -3.33. The summed E-state index contributed by atoms with van der Waals surface area (Å²) in [5.74, 6) is 1.48. The van der Waals surface area contributed by atoms with Gasteiger partial charge in [0, 0.05) is 34.4 Å². The van der Waals surface area contributed by atoms with Crippen LogP contribution in [0.1, 0.15) is 42.1 Å². The largest absolute Gasteiger partial charge is 0.419 e. The maximum Gasteiger partial charge on any atom is 0.252 e. The van der Waals surface area contributed by atoms with Crippen molar-refractivity contribution in [2.45, 2.75) is 52.1 Å². The molecule has 10 heteroatoms. The third kappa shape index (κ3) is 4.08. The molecule has 164 valence electrons. The number of fused-ring (bicyclic) bond motifs is 1. The normalized spacial score (nSPS) is 13.6. The molecule has 1 amide bonds. The maximum atomic E-state index is 13.1. The zero-order valence-electron chi connectivity index (χ0n) is 17.8. The molecule has 32 heavy (non-hydrogen) atoms. The van der Waals surface area contributed by atoms with Crippen LogP contribution in [0.15, 0.2) is 35.0 Å². The van der Waals surface area contributed by atoms with Crippen LogP contribution in [-0.2, 0) is 17.8 Å². The fourth-order valence-corrected chi connectivity index (χ4v) is 4.00. The smallest absolute Gasteiger partial charge is 0.252 e. The first-order valence-electron chi connectivity index (χ1n) is 10.5. The molecule has 0 spiro atoms. The van der Waals surface area contributed by atoms with Crippen molar-refractivity contribution in [1.29, 1.82) is 0 Å². The van der Waals surface area contributed by atoms with E-state index in [0.29, 0.717) is 42.0 Å². The van der Waals surface area contributed by atoms with E-state index in [-0.39, 0.29) is 11.9 Å². The Morgan fingerprint density at radius 1 is 1.22 bits per heavy atom. The molecule has 0 aliphatic heterocycles. The molecule has 1 aliphatic rings. The predicted molar refractivity (Wildman–Crippen MR) is 117 cm³/mol. The van der Waals surface area contributed by atoms with Gasteiger partial charge in [0.1, 0.15) is 6.33 Å². The first-order valence-corrected chi connectivity index (χ1v) is 10.9. The number of amides is 1. The Balaban J connectivity index is 1.29. The highest BCUT2D eigenvalue weighted by atomic mass is 35.5. The van der Waals surface area contributed by atoms with Crippen molar-refractivity contribution in [1.82, 2.24) is 34.7 Å². The molecule has 3 heterocycles. The molecule has 0 atom stereocenters. The van der Waals surface area contributed by atoms with Crippen molar-refractivity contribution in [2.75, 3.05) is 0 Å². The van der Waals surface area contributed by atoms with Crippen LogP contribution in [0.3, 0.4) is 0 Å². The van der Waals surface area contributed by atoms with Crippen LogP contribution in [-0.4, -0.2) is 46.6 Å². The molecular formula is C22H22ClN7O2. The number of benzene rings is 1. The number of aryl methyl sites for hydroxylation is 2. The second kappa shape index (κ2) is 8.31. The van der Waals surface area contributed by atoms with E-state index in [2.05, 4.69) is 25.3 Å². The molecule has 0 unspecified atom stereocenters. The average Bonchev–Trinajstić information content (AvgIpc) is 3.31. The second-order valence-corrected chi connectivity index (χ2v) is 8.43. The highest BCUT2D eigenvalue weighted by molar-refractivity contribution is 6.30. The lowest BCUT2D eigenvalue weighted by atomic mass is 10.1. The van der Waals surface area contributed by atoms with Crippen molar-refractivity contribution in [2.24, 2.45) is 0 Å². The van der Waals surface area contributed by atoms with Gasteiger partial charge in [-0.05, 0) is 62.9 Å². The topological polar surface area (TPSA) is 102 Å². The van der Waals surface area contributed by atoms with E-state index in [1.165, 1.54) is 6.33 Å². The summed E-state index contributed by atoms with van der Waals surface area (Å²) in [6.45, 7) is 4.23. The standard InChI is InChI=1S/C22H22ClN7O2/c1-13-18(14(2)30-22(26-13)24-12-25-30)9-10-20(31)29(17-7-8-17)11-19-27-28-21(32-19)15-3-5-16(23)6-4-15/h3-6,12,17H,7-11H2,1-2H3. The van der Waals surface area contributed by atoms with Crippen LogP contribution in [0.4, 0.5) is 0 Å². The summed E-state index contributed by atoms with van der Waals surface area (Å²) in [5, 5.41) is 13.1. The molecule has 3 aromatic heterocycles. The molecule has 1 aliphatic carbocycles. The number of carbonyl (C=O) groups is 1. The second-order valence-electron chi connectivity index (χ2n) is 7.99. The maximum absolute atomic E-state index is 13.1. The molecule has 1 aromatic carbocycles. The minimum atomic E-state index is 0.0660. The van der Waals surface area contributed by atoms with E-state index < -0.39 is 0 Å². The fourth-order valence-electron chi connectivity index (χ4n) is 3.87. The van der Waals surface area contributed by atoms with E-state index in [9.17, 15) is 4.79 Å². The Bertz CT molecular complexity index is 1280. The van der Waals surface area contributed by atoms with Crippen LogP contribution >= 0.6 is 11.6 Å². The van der Waals surface area contributed by atoms with Gasteiger partial charge in [-0.25, -0.2) is 9.50 Å². The van der Waals surface area contributed by atoms with Crippen molar-refractivity contribution >= 4 is 23.3 Å². The molecule has 0 radical (unpaired) electrons. The number of carbonyl (C=O) groups excluding carboxylic acids is 1.